The van der Waals surface area contributed by atoms with Gasteiger partial charge in [0.05, 0.1) is 24.8 Å². The van der Waals surface area contributed by atoms with Crippen molar-refractivity contribution in [3.63, 3.8) is 0 Å². The molecule has 0 spiro atoms. The Labute approximate surface area is 192 Å². The molecule has 0 fully saturated rings. The second-order valence-corrected chi connectivity index (χ2v) is 8.07. The SMILES string of the molecule is COc1cc(C=Cc2nc3n(n2)CC[C@]3(O)c2cc(F)c(F)c(F)c2)ccc1-n1cnc(C)c1. The van der Waals surface area contributed by atoms with Crippen LogP contribution in [0.15, 0.2) is 42.9 Å². The molecule has 10 heteroatoms. The molecule has 0 bridgehead atoms. The zero-order valence-electron chi connectivity index (χ0n) is 18.3. The number of hydrogen-bond acceptors (Lipinski definition) is 5. The molecule has 3 heterocycles. The first-order valence-corrected chi connectivity index (χ1v) is 10.5. The van der Waals surface area contributed by atoms with Crippen LogP contribution in [-0.4, -0.2) is 36.5 Å². The van der Waals surface area contributed by atoms with Gasteiger partial charge in [0, 0.05) is 19.2 Å². The number of nitrogens with zero attached hydrogens (tertiary/aromatic N) is 5. The molecule has 5 rings (SSSR count). The van der Waals surface area contributed by atoms with Crippen molar-refractivity contribution in [3.05, 3.63) is 88.8 Å². The number of halogens is 3. The van der Waals surface area contributed by atoms with E-state index in [2.05, 4.69) is 15.1 Å². The van der Waals surface area contributed by atoms with Crippen molar-refractivity contribution in [1.29, 1.82) is 0 Å². The summed E-state index contributed by atoms with van der Waals surface area (Å²) in [5.41, 5.74) is 0.660. The van der Waals surface area contributed by atoms with Gasteiger partial charge in [0.1, 0.15) is 5.75 Å². The monoisotopic (exact) mass is 467 g/mol. The van der Waals surface area contributed by atoms with E-state index < -0.39 is 23.1 Å². The lowest BCUT2D eigenvalue weighted by atomic mass is 9.91. The third kappa shape index (κ3) is 3.65. The maximum atomic E-state index is 13.8. The van der Waals surface area contributed by atoms with Crippen molar-refractivity contribution in [2.75, 3.05) is 7.11 Å². The molecule has 0 saturated carbocycles. The maximum absolute atomic E-state index is 13.8. The Bertz CT molecular complexity index is 1400. The van der Waals surface area contributed by atoms with Gasteiger partial charge < -0.3 is 14.4 Å². The van der Waals surface area contributed by atoms with Gasteiger partial charge in [-0.2, -0.15) is 5.10 Å². The van der Waals surface area contributed by atoms with Crippen LogP contribution in [0.1, 0.15) is 34.9 Å². The molecule has 0 amide bonds. The standard InChI is InChI=1S/C24H20F3N5O2/c1-14-12-31(13-28-14)19-5-3-15(9-20(19)34-2)4-6-21-29-23-24(33,7-8-32(23)30-21)16-10-17(25)22(27)18(26)11-16/h3-6,9-13,33H,7-8H2,1-2H3/t24-/m0/s1. The van der Waals surface area contributed by atoms with Gasteiger partial charge >= 0.3 is 0 Å². The van der Waals surface area contributed by atoms with E-state index in [1.807, 2.05) is 35.9 Å². The lowest BCUT2D eigenvalue weighted by Gasteiger charge is -2.21. The quantitative estimate of drug-likeness (QED) is 0.449. The lowest BCUT2D eigenvalue weighted by Crippen LogP contribution is -2.26. The Balaban J connectivity index is 1.43. The number of hydrogen-bond donors (Lipinski definition) is 1. The van der Waals surface area contributed by atoms with Crippen molar-refractivity contribution in [2.24, 2.45) is 0 Å². The summed E-state index contributed by atoms with van der Waals surface area (Å²) < 4.78 is 49.7. The van der Waals surface area contributed by atoms with Crippen LogP contribution in [0.2, 0.25) is 0 Å². The van der Waals surface area contributed by atoms with Crippen molar-refractivity contribution in [3.8, 4) is 11.4 Å². The Morgan fingerprint density at radius 3 is 2.56 bits per heavy atom. The van der Waals surface area contributed by atoms with E-state index in [1.54, 1.807) is 25.6 Å². The minimum atomic E-state index is -1.78. The summed E-state index contributed by atoms with van der Waals surface area (Å²) >= 11 is 0. The lowest BCUT2D eigenvalue weighted by molar-refractivity contribution is 0.0776. The Morgan fingerprint density at radius 1 is 1.12 bits per heavy atom. The van der Waals surface area contributed by atoms with E-state index in [0.717, 1.165) is 29.1 Å². The van der Waals surface area contributed by atoms with Crippen LogP contribution >= 0.6 is 0 Å². The smallest absolute Gasteiger partial charge is 0.194 e. The van der Waals surface area contributed by atoms with Gasteiger partial charge in [-0.3, -0.25) is 0 Å². The first-order valence-electron chi connectivity index (χ1n) is 10.5. The van der Waals surface area contributed by atoms with Crippen molar-refractivity contribution in [2.45, 2.75) is 25.5 Å². The molecule has 0 unspecified atom stereocenters. The zero-order chi connectivity index (χ0) is 24.0. The highest BCUT2D eigenvalue weighted by molar-refractivity contribution is 5.69. The largest absolute Gasteiger partial charge is 0.495 e. The predicted molar refractivity (Wildman–Crippen MR) is 118 cm³/mol. The summed E-state index contributed by atoms with van der Waals surface area (Å²) in [6.45, 7) is 2.19. The number of rotatable bonds is 5. The Morgan fingerprint density at radius 2 is 1.88 bits per heavy atom. The molecule has 34 heavy (non-hydrogen) atoms. The molecular weight excluding hydrogens is 447 g/mol. The molecule has 2 aromatic carbocycles. The summed E-state index contributed by atoms with van der Waals surface area (Å²) in [5.74, 6) is -3.23. The van der Waals surface area contributed by atoms with Crippen LogP contribution in [0.5, 0.6) is 5.75 Å². The van der Waals surface area contributed by atoms with Crippen LogP contribution in [0.3, 0.4) is 0 Å². The molecule has 7 nitrogen and oxygen atoms in total. The second-order valence-electron chi connectivity index (χ2n) is 8.07. The summed E-state index contributed by atoms with van der Waals surface area (Å²) in [5, 5.41) is 15.5. The zero-order valence-corrected chi connectivity index (χ0v) is 18.3. The predicted octanol–water partition coefficient (Wildman–Crippen LogP) is 4.01. The summed E-state index contributed by atoms with van der Waals surface area (Å²) in [6.07, 6.45) is 7.16. The third-order valence-electron chi connectivity index (χ3n) is 5.82. The molecule has 0 saturated heterocycles. The van der Waals surface area contributed by atoms with E-state index in [9.17, 15) is 18.3 Å². The molecule has 1 atom stereocenters. The number of imidazole rings is 1. The minimum Gasteiger partial charge on any atom is -0.495 e. The molecular formula is C24H20F3N5O2. The molecule has 0 aliphatic carbocycles. The molecule has 1 aliphatic rings. The number of benzene rings is 2. The van der Waals surface area contributed by atoms with Crippen LogP contribution in [0.4, 0.5) is 13.2 Å². The van der Waals surface area contributed by atoms with E-state index in [1.165, 1.54) is 4.68 Å². The van der Waals surface area contributed by atoms with Crippen molar-refractivity contribution in [1.82, 2.24) is 24.3 Å². The van der Waals surface area contributed by atoms with Gasteiger partial charge in [-0.05, 0) is 48.4 Å². The second kappa shape index (κ2) is 8.14. The molecule has 1 N–H and O–H groups in total. The summed E-state index contributed by atoms with van der Waals surface area (Å²) in [6, 6.07) is 7.22. The Hall–Kier alpha value is -3.92. The molecule has 1 aliphatic heterocycles. The van der Waals surface area contributed by atoms with Crippen LogP contribution in [0, 0.1) is 24.4 Å². The van der Waals surface area contributed by atoms with E-state index >= 15 is 0 Å². The highest BCUT2D eigenvalue weighted by Gasteiger charge is 2.42. The van der Waals surface area contributed by atoms with E-state index in [0.29, 0.717) is 18.1 Å². The van der Waals surface area contributed by atoms with Crippen LogP contribution in [-0.2, 0) is 12.1 Å². The van der Waals surface area contributed by atoms with Crippen LogP contribution in [0.25, 0.3) is 17.8 Å². The number of aromatic nitrogens is 5. The minimum absolute atomic E-state index is 0.111. The summed E-state index contributed by atoms with van der Waals surface area (Å²) in [4.78, 5) is 8.59. The van der Waals surface area contributed by atoms with Crippen LogP contribution < -0.4 is 4.74 Å². The third-order valence-corrected chi connectivity index (χ3v) is 5.82. The number of ether oxygens (including phenoxy) is 1. The molecule has 2 aromatic heterocycles. The molecule has 0 radical (unpaired) electrons. The van der Waals surface area contributed by atoms with E-state index in [4.69, 9.17) is 4.74 Å². The highest BCUT2D eigenvalue weighted by Crippen LogP contribution is 2.38. The number of fused-ring (bicyclic) bond motifs is 1. The number of aliphatic hydroxyl groups is 1. The topological polar surface area (TPSA) is 78.0 Å². The first kappa shape index (κ1) is 21.9. The fraction of sp³-hybridized carbons (Fsp3) is 0.208. The average molecular weight is 467 g/mol. The number of methoxy groups -OCH3 is 1. The molecule has 174 valence electrons. The molecule has 4 aromatic rings. The summed E-state index contributed by atoms with van der Waals surface area (Å²) in [7, 11) is 1.58. The van der Waals surface area contributed by atoms with Gasteiger partial charge in [0.15, 0.2) is 34.7 Å². The fourth-order valence-electron chi connectivity index (χ4n) is 4.07. The fourth-order valence-corrected chi connectivity index (χ4v) is 4.07. The van der Waals surface area contributed by atoms with Gasteiger partial charge in [-0.15, -0.1) is 0 Å². The van der Waals surface area contributed by atoms with Gasteiger partial charge in [0.25, 0.3) is 0 Å². The Kier molecular flexibility index (Phi) is 5.24. The maximum Gasteiger partial charge on any atom is 0.194 e. The van der Waals surface area contributed by atoms with Gasteiger partial charge in [-0.1, -0.05) is 12.1 Å². The number of aryl methyl sites for hydroxylation is 2. The van der Waals surface area contributed by atoms with Crippen molar-refractivity contribution >= 4 is 12.2 Å². The van der Waals surface area contributed by atoms with Gasteiger partial charge in [-0.25, -0.2) is 27.8 Å². The van der Waals surface area contributed by atoms with E-state index in [-0.39, 0.29) is 17.8 Å². The van der Waals surface area contributed by atoms with Gasteiger partial charge in [0.2, 0.25) is 0 Å². The highest BCUT2D eigenvalue weighted by atomic mass is 19.2. The van der Waals surface area contributed by atoms with Crippen molar-refractivity contribution < 1.29 is 23.0 Å². The average Bonchev–Trinajstić information content (AvgIpc) is 3.52. The first-order chi connectivity index (χ1) is 16.3. The normalized spacial score (nSPS) is 17.5.